The number of carbonyl (C=O) groups excluding carboxylic acids is 3. The maximum atomic E-state index is 11.5. The van der Waals surface area contributed by atoms with Gasteiger partial charge in [0.25, 0.3) is 5.91 Å². The summed E-state index contributed by atoms with van der Waals surface area (Å²) in [6.45, 7) is 0. The Bertz CT molecular complexity index is 396. The van der Waals surface area contributed by atoms with Gasteiger partial charge in [0.1, 0.15) is 0 Å². The molecule has 0 spiro atoms. The summed E-state index contributed by atoms with van der Waals surface area (Å²) in [6, 6.07) is 3.39. The van der Waals surface area contributed by atoms with Crippen molar-refractivity contribution in [3.63, 3.8) is 0 Å². The summed E-state index contributed by atoms with van der Waals surface area (Å²) in [5.74, 6) is -0.982. The largest absolute Gasteiger partial charge is 0.333 e. The van der Waals surface area contributed by atoms with Crippen LogP contribution in [0.15, 0.2) is 24.5 Å². The maximum absolute atomic E-state index is 11.5. The van der Waals surface area contributed by atoms with Gasteiger partial charge in [0.05, 0.1) is 6.42 Å². The first-order valence-electron chi connectivity index (χ1n) is 4.13. The van der Waals surface area contributed by atoms with Crippen LogP contribution in [-0.4, -0.2) is 22.7 Å². The Kier molecular flexibility index (Phi) is 1.73. The number of aldehydes is 1. The van der Waals surface area contributed by atoms with Crippen molar-refractivity contribution in [3.05, 3.63) is 24.5 Å². The number of hydrogen-bond acceptors (Lipinski definition) is 3. The first kappa shape index (κ1) is 8.68. The molecule has 0 bridgehead atoms. The molecule has 1 atom stereocenters. The second-order valence-corrected chi connectivity index (χ2v) is 3.19. The average molecular weight is 192 g/mol. The lowest BCUT2D eigenvalue weighted by Crippen LogP contribution is -2.42. The van der Waals surface area contributed by atoms with Crippen molar-refractivity contribution in [1.29, 1.82) is 0 Å². The molecule has 1 aliphatic heterocycles. The highest BCUT2D eigenvalue weighted by molar-refractivity contribution is 6.14. The van der Waals surface area contributed by atoms with Crippen LogP contribution >= 0.6 is 0 Å². The Balaban J connectivity index is 2.50. The highest BCUT2D eigenvalue weighted by Crippen LogP contribution is 2.23. The lowest BCUT2D eigenvalue weighted by molar-refractivity contribution is -0.132. The number of imide groups is 1. The Morgan fingerprint density at radius 3 is 2.43 bits per heavy atom. The topological polar surface area (TPSA) is 68.2 Å². The molecule has 0 aromatic carbocycles. The second kappa shape index (κ2) is 2.80. The number of hydrogen-bond donors (Lipinski definition) is 1. The number of nitrogens with one attached hydrogen (secondary N) is 1. The predicted octanol–water partition coefficient (Wildman–Crippen LogP) is -0.571. The fraction of sp³-hybridized carbons (Fsp3) is 0.222. The molecule has 0 radical (unpaired) electrons. The van der Waals surface area contributed by atoms with Gasteiger partial charge in [-0.1, -0.05) is 0 Å². The Labute approximate surface area is 79.7 Å². The average Bonchev–Trinajstić information content (AvgIpc) is 2.73. The van der Waals surface area contributed by atoms with Gasteiger partial charge in [0, 0.05) is 12.4 Å². The molecule has 1 N–H and O–H groups in total. The minimum atomic E-state index is -1.37. The van der Waals surface area contributed by atoms with Gasteiger partial charge in [-0.05, 0) is 12.1 Å². The Morgan fingerprint density at radius 1 is 1.36 bits per heavy atom. The summed E-state index contributed by atoms with van der Waals surface area (Å²) in [5.41, 5.74) is -1.37. The van der Waals surface area contributed by atoms with Gasteiger partial charge in [-0.25, -0.2) is 0 Å². The van der Waals surface area contributed by atoms with Gasteiger partial charge in [0.2, 0.25) is 5.91 Å². The van der Waals surface area contributed by atoms with Crippen LogP contribution in [0.4, 0.5) is 0 Å². The number of amides is 2. The van der Waals surface area contributed by atoms with E-state index in [9.17, 15) is 14.4 Å². The minimum Gasteiger partial charge on any atom is -0.333 e. The zero-order chi connectivity index (χ0) is 10.2. The van der Waals surface area contributed by atoms with Crippen molar-refractivity contribution in [2.24, 2.45) is 0 Å². The van der Waals surface area contributed by atoms with Crippen LogP contribution in [0, 0.1) is 0 Å². The van der Waals surface area contributed by atoms with E-state index in [0.29, 0.717) is 6.29 Å². The molecule has 1 saturated heterocycles. The van der Waals surface area contributed by atoms with E-state index in [0.717, 1.165) is 0 Å². The third-order valence-corrected chi connectivity index (χ3v) is 2.34. The van der Waals surface area contributed by atoms with Gasteiger partial charge >= 0.3 is 0 Å². The molecule has 1 unspecified atom stereocenters. The highest BCUT2D eigenvalue weighted by Gasteiger charge is 2.48. The van der Waals surface area contributed by atoms with Crippen molar-refractivity contribution in [2.75, 3.05) is 0 Å². The lowest BCUT2D eigenvalue weighted by atomic mass is 9.99. The van der Waals surface area contributed by atoms with E-state index >= 15 is 0 Å². The molecule has 2 heterocycles. The SMILES string of the molecule is O=CC1(n2cccc2)CC(=O)NC1=O. The molecule has 1 aliphatic rings. The van der Waals surface area contributed by atoms with E-state index < -0.39 is 17.4 Å². The molecule has 0 aliphatic carbocycles. The molecular weight excluding hydrogens is 184 g/mol. The van der Waals surface area contributed by atoms with Crippen molar-refractivity contribution in [2.45, 2.75) is 12.0 Å². The molecule has 2 rings (SSSR count). The molecule has 1 aromatic heterocycles. The van der Waals surface area contributed by atoms with E-state index in [2.05, 4.69) is 5.32 Å². The summed E-state index contributed by atoms with van der Waals surface area (Å²) in [4.78, 5) is 33.4. The molecule has 1 aromatic rings. The normalized spacial score (nSPS) is 26.3. The van der Waals surface area contributed by atoms with Crippen LogP contribution < -0.4 is 5.32 Å². The van der Waals surface area contributed by atoms with E-state index in [1.165, 1.54) is 4.57 Å². The smallest absolute Gasteiger partial charge is 0.260 e. The number of aromatic nitrogens is 1. The summed E-state index contributed by atoms with van der Waals surface area (Å²) in [5, 5.41) is 2.12. The third kappa shape index (κ3) is 0.985. The van der Waals surface area contributed by atoms with Gasteiger partial charge < -0.3 is 9.36 Å². The third-order valence-electron chi connectivity index (χ3n) is 2.34. The molecule has 1 fully saturated rings. The van der Waals surface area contributed by atoms with E-state index in [4.69, 9.17) is 0 Å². The maximum Gasteiger partial charge on any atom is 0.260 e. The Morgan fingerprint density at radius 2 is 2.00 bits per heavy atom. The quantitative estimate of drug-likeness (QED) is 0.387. The van der Waals surface area contributed by atoms with E-state index in [-0.39, 0.29) is 6.42 Å². The lowest BCUT2D eigenvalue weighted by Gasteiger charge is -2.19. The van der Waals surface area contributed by atoms with Crippen LogP contribution in [0.2, 0.25) is 0 Å². The zero-order valence-electron chi connectivity index (χ0n) is 7.27. The molecule has 5 heteroatoms. The van der Waals surface area contributed by atoms with Crippen LogP contribution in [0.3, 0.4) is 0 Å². The Hall–Kier alpha value is -1.91. The van der Waals surface area contributed by atoms with Crippen LogP contribution in [0.5, 0.6) is 0 Å². The van der Waals surface area contributed by atoms with Crippen molar-refractivity contribution in [1.82, 2.24) is 9.88 Å². The van der Waals surface area contributed by atoms with Crippen LogP contribution in [0.1, 0.15) is 6.42 Å². The van der Waals surface area contributed by atoms with Crippen LogP contribution in [0.25, 0.3) is 0 Å². The fourth-order valence-corrected chi connectivity index (χ4v) is 1.57. The van der Waals surface area contributed by atoms with Crippen molar-refractivity contribution < 1.29 is 14.4 Å². The van der Waals surface area contributed by atoms with Crippen molar-refractivity contribution >= 4 is 18.1 Å². The van der Waals surface area contributed by atoms with Gasteiger partial charge in [-0.15, -0.1) is 0 Å². The predicted molar refractivity (Wildman–Crippen MR) is 46.2 cm³/mol. The summed E-state index contributed by atoms with van der Waals surface area (Å²) >= 11 is 0. The minimum absolute atomic E-state index is 0.121. The second-order valence-electron chi connectivity index (χ2n) is 3.19. The molecule has 2 amide bonds. The zero-order valence-corrected chi connectivity index (χ0v) is 7.27. The summed E-state index contributed by atoms with van der Waals surface area (Å²) in [7, 11) is 0. The molecular formula is C9H8N2O3. The first-order chi connectivity index (χ1) is 6.69. The molecule has 72 valence electrons. The summed E-state index contributed by atoms with van der Waals surface area (Å²) < 4.78 is 1.44. The number of nitrogens with zero attached hydrogens (tertiary/aromatic N) is 1. The molecule has 0 saturated carbocycles. The number of carbonyl (C=O) groups is 3. The highest BCUT2D eigenvalue weighted by atomic mass is 16.2. The summed E-state index contributed by atoms with van der Waals surface area (Å²) in [6.07, 6.45) is 3.57. The molecule has 5 nitrogen and oxygen atoms in total. The van der Waals surface area contributed by atoms with Crippen LogP contribution in [-0.2, 0) is 19.9 Å². The van der Waals surface area contributed by atoms with Gasteiger partial charge in [-0.2, -0.15) is 0 Å². The van der Waals surface area contributed by atoms with Crippen molar-refractivity contribution in [3.8, 4) is 0 Å². The molecule has 14 heavy (non-hydrogen) atoms. The van der Waals surface area contributed by atoms with Gasteiger partial charge in [0.15, 0.2) is 11.8 Å². The monoisotopic (exact) mass is 192 g/mol. The first-order valence-corrected chi connectivity index (χ1v) is 4.13. The number of rotatable bonds is 2. The fourth-order valence-electron chi connectivity index (χ4n) is 1.57. The van der Waals surface area contributed by atoms with Gasteiger partial charge in [-0.3, -0.25) is 14.9 Å². The van der Waals surface area contributed by atoms with E-state index in [1.54, 1.807) is 24.5 Å². The van der Waals surface area contributed by atoms with E-state index in [1.807, 2.05) is 0 Å². The standard InChI is InChI=1S/C9H8N2O3/c12-6-9(11-3-1-2-4-11)5-7(13)10-8(9)14/h1-4,6H,5H2,(H,10,13,14).